The fourth-order valence-corrected chi connectivity index (χ4v) is 3.07. The van der Waals surface area contributed by atoms with Gasteiger partial charge < -0.3 is 10.5 Å². The molecule has 0 bridgehead atoms. The first-order valence-corrected chi connectivity index (χ1v) is 6.66. The summed E-state index contributed by atoms with van der Waals surface area (Å²) in [6.45, 7) is 5.33. The molecule has 1 saturated carbocycles. The van der Waals surface area contributed by atoms with Gasteiger partial charge in [0.2, 0.25) is 0 Å². The number of nitrogens with two attached hydrogens (primary N) is 1. The van der Waals surface area contributed by atoms with E-state index in [1.165, 1.54) is 25.7 Å². The highest BCUT2D eigenvalue weighted by Crippen LogP contribution is 2.37. The first-order valence-electron chi connectivity index (χ1n) is 6.66. The molecule has 0 aromatic carbocycles. The Morgan fingerprint density at radius 3 is 2.56 bits per heavy atom. The van der Waals surface area contributed by atoms with Gasteiger partial charge in [-0.15, -0.1) is 0 Å². The van der Waals surface area contributed by atoms with E-state index in [0.717, 1.165) is 32.0 Å². The van der Waals surface area contributed by atoms with E-state index in [9.17, 15) is 0 Å². The van der Waals surface area contributed by atoms with Crippen LogP contribution in [0.3, 0.4) is 0 Å². The minimum Gasteiger partial charge on any atom is -0.380 e. The lowest BCUT2D eigenvalue weighted by Gasteiger charge is -2.42. The van der Waals surface area contributed by atoms with Crippen molar-refractivity contribution in [2.75, 3.05) is 26.7 Å². The van der Waals surface area contributed by atoms with Crippen LogP contribution in [0.15, 0.2) is 0 Å². The highest BCUT2D eigenvalue weighted by Gasteiger charge is 2.38. The molecule has 2 fully saturated rings. The molecule has 1 heterocycles. The number of hydrogen-bond donors (Lipinski definition) is 1. The van der Waals surface area contributed by atoms with Crippen molar-refractivity contribution in [1.82, 2.24) is 4.90 Å². The van der Waals surface area contributed by atoms with E-state index in [-0.39, 0.29) is 5.54 Å². The molecule has 94 valence electrons. The summed E-state index contributed by atoms with van der Waals surface area (Å²) < 4.78 is 5.44. The molecule has 1 aliphatic heterocycles. The highest BCUT2D eigenvalue weighted by molar-refractivity contribution is 4.95. The van der Waals surface area contributed by atoms with Gasteiger partial charge in [0.05, 0.1) is 6.10 Å². The Morgan fingerprint density at radius 2 is 2.12 bits per heavy atom. The van der Waals surface area contributed by atoms with Gasteiger partial charge in [-0.1, -0.05) is 19.3 Å². The molecule has 3 nitrogen and oxygen atoms in total. The monoisotopic (exact) mass is 226 g/mol. The quantitative estimate of drug-likeness (QED) is 0.774. The molecule has 0 amide bonds. The molecule has 2 aliphatic rings. The van der Waals surface area contributed by atoms with Crippen LogP contribution in [0.5, 0.6) is 0 Å². The second-order valence-corrected chi connectivity index (χ2v) is 5.79. The van der Waals surface area contributed by atoms with Crippen molar-refractivity contribution in [2.24, 2.45) is 11.7 Å². The van der Waals surface area contributed by atoms with E-state index in [0.29, 0.717) is 6.10 Å². The van der Waals surface area contributed by atoms with Crippen LogP contribution in [0.2, 0.25) is 0 Å². The molecule has 0 spiro atoms. The van der Waals surface area contributed by atoms with E-state index < -0.39 is 0 Å². The predicted molar refractivity (Wildman–Crippen MR) is 66.4 cm³/mol. The van der Waals surface area contributed by atoms with Gasteiger partial charge in [0, 0.05) is 32.3 Å². The minimum atomic E-state index is 0.207. The Morgan fingerprint density at radius 1 is 1.38 bits per heavy atom. The summed E-state index contributed by atoms with van der Waals surface area (Å²) in [5.41, 5.74) is 6.23. The molecule has 16 heavy (non-hydrogen) atoms. The van der Waals surface area contributed by atoms with Gasteiger partial charge in [0.1, 0.15) is 0 Å². The Bertz CT molecular complexity index is 230. The smallest absolute Gasteiger partial charge is 0.0710 e. The maximum Gasteiger partial charge on any atom is 0.0710 e. The van der Waals surface area contributed by atoms with Gasteiger partial charge >= 0.3 is 0 Å². The van der Waals surface area contributed by atoms with Crippen LogP contribution >= 0.6 is 0 Å². The number of nitrogens with zero attached hydrogens (tertiary/aromatic N) is 1. The van der Waals surface area contributed by atoms with Crippen molar-refractivity contribution in [3.05, 3.63) is 0 Å². The highest BCUT2D eigenvalue weighted by atomic mass is 16.5. The topological polar surface area (TPSA) is 38.5 Å². The van der Waals surface area contributed by atoms with Crippen LogP contribution in [-0.2, 0) is 4.74 Å². The molecular weight excluding hydrogens is 200 g/mol. The summed E-state index contributed by atoms with van der Waals surface area (Å²) in [6, 6.07) is 0. The predicted octanol–water partition coefficient (Wildman–Crippen LogP) is 1.61. The van der Waals surface area contributed by atoms with Crippen LogP contribution in [0.25, 0.3) is 0 Å². The Kier molecular flexibility index (Phi) is 3.88. The standard InChI is InChI=1S/C13H26N2O/c1-13(10-14,8-11-4-3-5-11)15-7-6-12(9-15)16-2/h11-12H,3-10,14H2,1-2H3. The zero-order valence-corrected chi connectivity index (χ0v) is 10.7. The van der Waals surface area contributed by atoms with Gasteiger partial charge in [-0.05, 0) is 25.7 Å². The largest absolute Gasteiger partial charge is 0.380 e. The van der Waals surface area contributed by atoms with Gasteiger partial charge in [0.25, 0.3) is 0 Å². The summed E-state index contributed by atoms with van der Waals surface area (Å²) >= 11 is 0. The Hall–Kier alpha value is -0.120. The number of hydrogen-bond acceptors (Lipinski definition) is 3. The third kappa shape index (κ3) is 2.41. The summed E-state index contributed by atoms with van der Waals surface area (Å²) in [5, 5.41) is 0. The van der Waals surface area contributed by atoms with E-state index >= 15 is 0 Å². The maximum absolute atomic E-state index is 6.02. The zero-order chi connectivity index (χ0) is 11.6. The first kappa shape index (κ1) is 12.3. The summed E-state index contributed by atoms with van der Waals surface area (Å²) in [6.07, 6.45) is 7.11. The lowest BCUT2D eigenvalue weighted by Crippen LogP contribution is -2.52. The van der Waals surface area contributed by atoms with E-state index in [4.69, 9.17) is 10.5 Å². The molecule has 2 unspecified atom stereocenters. The molecule has 3 heteroatoms. The van der Waals surface area contributed by atoms with Gasteiger partial charge in [-0.25, -0.2) is 0 Å². The van der Waals surface area contributed by atoms with Crippen LogP contribution < -0.4 is 5.73 Å². The number of ether oxygens (including phenoxy) is 1. The molecule has 1 aliphatic carbocycles. The van der Waals surface area contributed by atoms with Crippen LogP contribution in [-0.4, -0.2) is 43.3 Å². The second-order valence-electron chi connectivity index (χ2n) is 5.79. The number of rotatable bonds is 5. The van der Waals surface area contributed by atoms with Crippen LogP contribution in [0.1, 0.15) is 39.0 Å². The van der Waals surface area contributed by atoms with Crippen molar-refractivity contribution in [1.29, 1.82) is 0 Å². The van der Waals surface area contributed by atoms with Crippen molar-refractivity contribution in [2.45, 2.75) is 50.7 Å². The average Bonchev–Trinajstić information content (AvgIpc) is 2.72. The number of methoxy groups -OCH3 is 1. The third-order valence-electron chi connectivity index (χ3n) is 4.63. The Balaban J connectivity index is 1.91. The molecule has 1 saturated heterocycles. The fourth-order valence-electron chi connectivity index (χ4n) is 3.07. The van der Waals surface area contributed by atoms with Crippen LogP contribution in [0.4, 0.5) is 0 Å². The third-order valence-corrected chi connectivity index (χ3v) is 4.63. The van der Waals surface area contributed by atoms with Crippen molar-refractivity contribution < 1.29 is 4.74 Å². The summed E-state index contributed by atoms with van der Waals surface area (Å²) in [5.74, 6) is 0.926. The van der Waals surface area contributed by atoms with Crippen molar-refractivity contribution in [3.8, 4) is 0 Å². The SMILES string of the molecule is COC1CCN(C(C)(CN)CC2CCC2)C1. The fraction of sp³-hybridized carbons (Fsp3) is 1.00. The molecule has 2 N–H and O–H groups in total. The lowest BCUT2D eigenvalue weighted by atomic mass is 9.76. The van der Waals surface area contributed by atoms with E-state index in [1.807, 2.05) is 7.11 Å². The first-order chi connectivity index (χ1) is 7.68. The lowest BCUT2D eigenvalue weighted by molar-refractivity contribution is 0.0594. The summed E-state index contributed by atoms with van der Waals surface area (Å²) in [7, 11) is 1.82. The number of likely N-dealkylation sites (tertiary alicyclic amines) is 1. The van der Waals surface area contributed by atoms with Crippen molar-refractivity contribution in [3.63, 3.8) is 0 Å². The molecule has 0 radical (unpaired) electrons. The van der Waals surface area contributed by atoms with Gasteiger partial charge in [0.15, 0.2) is 0 Å². The second kappa shape index (κ2) is 5.03. The molecule has 2 atom stereocenters. The molecule has 0 aromatic rings. The van der Waals surface area contributed by atoms with Gasteiger partial charge in [-0.2, -0.15) is 0 Å². The van der Waals surface area contributed by atoms with Crippen molar-refractivity contribution >= 4 is 0 Å². The molecular formula is C13H26N2O. The van der Waals surface area contributed by atoms with E-state index in [1.54, 1.807) is 0 Å². The zero-order valence-electron chi connectivity index (χ0n) is 10.7. The van der Waals surface area contributed by atoms with Gasteiger partial charge in [-0.3, -0.25) is 4.90 Å². The molecule has 0 aromatic heterocycles. The minimum absolute atomic E-state index is 0.207. The van der Waals surface area contributed by atoms with Crippen LogP contribution in [0, 0.1) is 5.92 Å². The average molecular weight is 226 g/mol. The maximum atomic E-state index is 6.02. The van der Waals surface area contributed by atoms with E-state index in [2.05, 4.69) is 11.8 Å². The molecule has 2 rings (SSSR count). The Labute approximate surface area is 99.3 Å². The normalized spacial score (nSPS) is 31.3. The summed E-state index contributed by atoms with van der Waals surface area (Å²) in [4.78, 5) is 2.56.